The van der Waals surface area contributed by atoms with Gasteiger partial charge in [0.05, 0.1) is 24.2 Å². The number of methoxy groups -OCH3 is 1. The quantitative estimate of drug-likeness (QED) is 0.640. The number of ether oxygens (including phenoxy) is 1. The average molecular weight is 383 g/mol. The van der Waals surface area contributed by atoms with Gasteiger partial charge in [-0.25, -0.2) is 9.48 Å². The third-order valence-corrected chi connectivity index (χ3v) is 3.98. The number of carbonyl (C=O) groups excluding carboxylic acids is 1. The van der Waals surface area contributed by atoms with Gasteiger partial charge in [0, 0.05) is 10.1 Å². The van der Waals surface area contributed by atoms with Gasteiger partial charge < -0.3 is 10.1 Å². The second-order valence-corrected chi connectivity index (χ2v) is 5.83. The summed E-state index contributed by atoms with van der Waals surface area (Å²) in [6.07, 6.45) is 1.93. The topological polar surface area (TPSA) is 56.1 Å². The molecule has 0 spiro atoms. The zero-order valence-corrected chi connectivity index (χ0v) is 13.2. The summed E-state index contributed by atoms with van der Waals surface area (Å²) in [5.41, 5.74) is 3.17. The maximum absolute atomic E-state index is 11.9. The van der Waals surface area contributed by atoms with Crippen molar-refractivity contribution in [1.82, 2.24) is 9.78 Å². The molecule has 1 aromatic heterocycles. The standard InChI is InChI=1S/C14H14IN3O2/c1-20-14(19)13-12-11(6-3-7-16-12)18(17-13)10-5-2-4-9(15)8-10/h2,4-5,8,16H,3,6-7H2,1H3. The van der Waals surface area contributed by atoms with E-state index in [4.69, 9.17) is 4.74 Å². The number of anilines is 1. The van der Waals surface area contributed by atoms with Crippen LogP contribution in [0.25, 0.3) is 5.69 Å². The fraction of sp³-hybridized carbons (Fsp3) is 0.286. The van der Waals surface area contributed by atoms with Crippen molar-refractivity contribution in [3.63, 3.8) is 0 Å². The normalized spacial score (nSPS) is 13.5. The predicted molar refractivity (Wildman–Crippen MR) is 84.4 cm³/mol. The summed E-state index contributed by atoms with van der Waals surface area (Å²) >= 11 is 2.27. The van der Waals surface area contributed by atoms with Crippen molar-refractivity contribution < 1.29 is 9.53 Å². The van der Waals surface area contributed by atoms with Crippen molar-refractivity contribution in [3.8, 4) is 5.69 Å². The first-order valence-electron chi connectivity index (χ1n) is 6.40. The van der Waals surface area contributed by atoms with Crippen LogP contribution >= 0.6 is 22.6 Å². The lowest BCUT2D eigenvalue weighted by atomic mass is 10.1. The Kier molecular flexibility index (Phi) is 3.64. The summed E-state index contributed by atoms with van der Waals surface area (Å²) in [6.45, 7) is 0.856. The van der Waals surface area contributed by atoms with Gasteiger partial charge in [-0.15, -0.1) is 0 Å². The number of benzene rings is 1. The molecule has 3 rings (SSSR count). The molecule has 0 atom stereocenters. The van der Waals surface area contributed by atoms with Crippen LogP contribution in [0, 0.1) is 3.57 Å². The minimum Gasteiger partial charge on any atom is -0.464 e. The molecule has 5 nitrogen and oxygen atoms in total. The van der Waals surface area contributed by atoms with Crippen LogP contribution in [0.15, 0.2) is 24.3 Å². The lowest BCUT2D eigenvalue weighted by Crippen LogP contribution is -2.15. The highest BCUT2D eigenvalue weighted by molar-refractivity contribution is 14.1. The summed E-state index contributed by atoms with van der Waals surface area (Å²) in [5.74, 6) is -0.403. The van der Waals surface area contributed by atoms with Gasteiger partial charge in [-0.3, -0.25) is 0 Å². The number of carbonyl (C=O) groups is 1. The summed E-state index contributed by atoms with van der Waals surface area (Å²) in [7, 11) is 1.38. The van der Waals surface area contributed by atoms with Gasteiger partial charge in [-0.05, 0) is 53.6 Å². The summed E-state index contributed by atoms with van der Waals surface area (Å²) < 4.78 is 7.79. The maximum Gasteiger partial charge on any atom is 0.360 e. The molecule has 0 saturated carbocycles. The predicted octanol–water partition coefficient (Wildman–Crippen LogP) is 2.62. The number of halogens is 1. The van der Waals surface area contributed by atoms with Crippen LogP contribution in [-0.2, 0) is 11.2 Å². The van der Waals surface area contributed by atoms with E-state index < -0.39 is 5.97 Å². The lowest BCUT2D eigenvalue weighted by molar-refractivity contribution is 0.0594. The lowest BCUT2D eigenvalue weighted by Gasteiger charge is -2.16. The van der Waals surface area contributed by atoms with Gasteiger partial charge in [0.15, 0.2) is 5.69 Å². The van der Waals surface area contributed by atoms with E-state index in [1.807, 2.05) is 28.9 Å². The monoisotopic (exact) mass is 383 g/mol. The average Bonchev–Trinajstić information content (AvgIpc) is 2.86. The molecular formula is C14H14IN3O2. The van der Waals surface area contributed by atoms with E-state index in [9.17, 15) is 4.79 Å². The van der Waals surface area contributed by atoms with E-state index in [1.165, 1.54) is 7.11 Å². The molecule has 0 bridgehead atoms. The SMILES string of the molecule is COC(=O)c1nn(-c2cccc(I)c2)c2c1NCCC2. The zero-order valence-electron chi connectivity index (χ0n) is 11.0. The van der Waals surface area contributed by atoms with Gasteiger partial charge in [-0.2, -0.15) is 5.10 Å². The second kappa shape index (κ2) is 5.43. The van der Waals surface area contributed by atoms with E-state index in [1.54, 1.807) is 0 Å². The van der Waals surface area contributed by atoms with Crippen LogP contribution in [0.4, 0.5) is 5.69 Å². The van der Waals surface area contributed by atoms with Crippen molar-refractivity contribution in [2.45, 2.75) is 12.8 Å². The largest absolute Gasteiger partial charge is 0.464 e. The third-order valence-electron chi connectivity index (χ3n) is 3.30. The highest BCUT2D eigenvalue weighted by Gasteiger charge is 2.26. The first-order valence-corrected chi connectivity index (χ1v) is 7.48. The fourth-order valence-corrected chi connectivity index (χ4v) is 2.93. The molecule has 0 saturated heterocycles. The van der Waals surface area contributed by atoms with Crippen molar-refractivity contribution in [3.05, 3.63) is 39.2 Å². The van der Waals surface area contributed by atoms with Gasteiger partial charge in [-0.1, -0.05) is 6.07 Å². The fourth-order valence-electron chi connectivity index (χ4n) is 2.40. The smallest absolute Gasteiger partial charge is 0.360 e. The number of hydrogen-bond acceptors (Lipinski definition) is 4. The van der Waals surface area contributed by atoms with Crippen molar-refractivity contribution >= 4 is 34.2 Å². The van der Waals surface area contributed by atoms with Gasteiger partial charge in [0.2, 0.25) is 0 Å². The molecule has 104 valence electrons. The number of fused-ring (bicyclic) bond motifs is 1. The molecule has 1 aromatic carbocycles. The molecule has 1 aliphatic heterocycles. The van der Waals surface area contributed by atoms with Crippen LogP contribution in [0.5, 0.6) is 0 Å². The molecular weight excluding hydrogens is 369 g/mol. The molecule has 0 radical (unpaired) electrons. The maximum atomic E-state index is 11.9. The Morgan fingerprint density at radius 2 is 2.35 bits per heavy atom. The first-order chi connectivity index (χ1) is 9.70. The number of hydrogen-bond donors (Lipinski definition) is 1. The molecule has 1 aliphatic rings. The van der Waals surface area contributed by atoms with Crippen LogP contribution < -0.4 is 5.32 Å². The van der Waals surface area contributed by atoms with E-state index >= 15 is 0 Å². The van der Waals surface area contributed by atoms with Crippen molar-refractivity contribution in [1.29, 1.82) is 0 Å². The molecule has 0 aliphatic carbocycles. The first kappa shape index (κ1) is 13.4. The van der Waals surface area contributed by atoms with Crippen molar-refractivity contribution in [2.75, 3.05) is 19.0 Å². The zero-order chi connectivity index (χ0) is 14.1. The molecule has 0 fully saturated rings. The summed E-state index contributed by atoms with van der Waals surface area (Å²) in [6, 6.07) is 8.05. The number of rotatable bonds is 2. The molecule has 2 heterocycles. The Labute approximate surface area is 130 Å². The van der Waals surface area contributed by atoms with Crippen LogP contribution in [0.3, 0.4) is 0 Å². The Morgan fingerprint density at radius 1 is 1.50 bits per heavy atom. The highest BCUT2D eigenvalue weighted by Crippen LogP contribution is 2.29. The minimum atomic E-state index is -0.403. The van der Waals surface area contributed by atoms with Gasteiger partial charge in [0.25, 0.3) is 0 Å². The Morgan fingerprint density at radius 3 is 3.10 bits per heavy atom. The second-order valence-electron chi connectivity index (χ2n) is 4.58. The Hall–Kier alpha value is -1.57. The molecule has 2 aromatic rings. The number of esters is 1. The highest BCUT2D eigenvalue weighted by atomic mass is 127. The van der Waals surface area contributed by atoms with E-state index in [0.717, 1.165) is 40.0 Å². The van der Waals surface area contributed by atoms with Crippen LogP contribution in [0.1, 0.15) is 22.6 Å². The van der Waals surface area contributed by atoms with E-state index in [-0.39, 0.29) is 0 Å². The third kappa shape index (κ3) is 2.28. The van der Waals surface area contributed by atoms with E-state index in [0.29, 0.717) is 5.69 Å². The van der Waals surface area contributed by atoms with Gasteiger partial charge in [0.1, 0.15) is 0 Å². The molecule has 1 N–H and O–H groups in total. The number of nitrogens with zero attached hydrogens (tertiary/aromatic N) is 2. The molecule has 20 heavy (non-hydrogen) atoms. The minimum absolute atomic E-state index is 0.362. The number of aromatic nitrogens is 2. The number of nitrogens with one attached hydrogen (secondary N) is 1. The van der Waals surface area contributed by atoms with E-state index in [2.05, 4.69) is 33.0 Å². The Balaban J connectivity index is 2.16. The van der Waals surface area contributed by atoms with Crippen LogP contribution in [-0.4, -0.2) is 29.4 Å². The van der Waals surface area contributed by atoms with Gasteiger partial charge >= 0.3 is 5.97 Å². The van der Waals surface area contributed by atoms with Crippen molar-refractivity contribution in [2.24, 2.45) is 0 Å². The molecule has 6 heteroatoms. The van der Waals surface area contributed by atoms with Crippen LogP contribution in [0.2, 0.25) is 0 Å². The summed E-state index contributed by atoms with van der Waals surface area (Å²) in [4.78, 5) is 11.9. The summed E-state index contributed by atoms with van der Waals surface area (Å²) in [5, 5.41) is 7.72. The molecule has 0 amide bonds. The molecule has 0 unspecified atom stereocenters. The Bertz CT molecular complexity index is 666.